The second-order valence-electron chi connectivity index (χ2n) is 5.75. The maximum absolute atomic E-state index is 10.9. The summed E-state index contributed by atoms with van der Waals surface area (Å²) in [6, 6.07) is 6.35. The molecule has 1 aromatic rings. The monoisotopic (exact) mass is 293 g/mol. The van der Waals surface area contributed by atoms with Gasteiger partial charge in [-0.25, -0.2) is 0 Å². The Balaban J connectivity index is 1.83. The van der Waals surface area contributed by atoms with Gasteiger partial charge in [0.1, 0.15) is 0 Å². The minimum Gasteiger partial charge on any atom is -0.481 e. The summed E-state index contributed by atoms with van der Waals surface area (Å²) in [6.45, 7) is 4.73. The highest BCUT2D eigenvalue weighted by atomic mass is 16.7. The molecular formula is C16H23NO4. The fourth-order valence-corrected chi connectivity index (χ4v) is 2.38. The minimum atomic E-state index is -0.746. The Labute approximate surface area is 125 Å². The molecular weight excluding hydrogens is 270 g/mol. The van der Waals surface area contributed by atoms with Crippen LogP contribution in [0.3, 0.4) is 0 Å². The molecule has 0 fully saturated rings. The Morgan fingerprint density at radius 1 is 1.33 bits per heavy atom. The molecule has 0 radical (unpaired) electrons. The van der Waals surface area contributed by atoms with E-state index in [1.54, 1.807) is 6.92 Å². The van der Waals surface area contributed by atoms with Crippen LogP contribution in [0.25, 0.3) is 0 Å². The van der Waals surface area contributed by atoms with Crippen molar-refractivity contribution in [3.8, 4) is 11.5 Å². The molecule has 0 bridgehead atoms. The first-order valence-electron chi connectivity index (χ1n) is 7.29. The number of hydrogen-bond acceptors (Lipinski definition) is 4. The minimum absolute atomic E-state index is 0.297. The van der Waals surface area contributed by atoms with Crippen LogP contribution in [0.15, 0.2) is 18.2 Å². The Morgan fingerprint density at radius 3 is 2.76 bits per heavy atom. The second-order valence-corrected chi connectivity index (χ2v) is 5.75. The van der Waals surface area contributed by atoms with Gasteiger partial charge in [-0.3, -0.25) is 4.79 Å². The van der Waals surface area contributed by atoms with Gasteiger partial charge in [0.25, 0.3) is 0 Å². The molecule has 0 amide bonds. The number of carboxylic acid groups (broad SMARTS) is 1. The molecule has 2 unspecified atom stereocenters. The van der Waals surface area contributed by atoms with E-state index in [0.717, 1.165) is 24.3 Å². The van der Waals surface area contributed by atoms with Crippen LogP contribution in [0.1, 0.15) is 25.8 Å². The molecule has 2 atom stereocenters. The van der Waals surface area contributed by atoms with E-state index in [2.05, 4.69) is 17.9 Å². The summed E-state index contributed by atoms with van der Waals surface area (Å²) in [5, 5.41) is 8.96. The van der Waals surface area contributed by atoms with E-state index in [0.29, 0.717) is 19.4 Å². The van der Waals surface area contributed by atoms with Crippen molar-refractivity contribution in [2.24, 2.45) is 5.92 Å². The van der Waals surface area contributed by atoms with Crippen molar-refractivity contribution in [1.29, 1.82) is 0 Å². The van der Waals surface area contributed by atoms with E-state index in [9.17, 15) is 4.79 Å². The highest BCUT2D eigenvalue weighted by Crippen LogP contribution is 2.32. The average Bonchev–Trinajstić information content (AvgIpc) is 2.91. The molecule has 1 N–H and O–H groups in total. The van der Waals surface area contributed by atoms with Gasteiger partial charge in [0.15, 0.2) is 11.5 Å². The number of carbonyl (C=O) groups is 1. The average molecular weight is 293 g/mol. The summed E-state index contributed by atoms with van der Waals surface area (Å²) < 4.78 is 10.7. The smallest absolute Gasteiger partial charge is 0.307 e. The number of aliphatic carboxylic acids is 1. The zero-order valence-corrected chi connectivity index (χ0v) is 12.8. The molecule has 0 spiro atoms. The molecule has 0 aliphatic carbocycles. The summed E-state index contributed by atoms with van der Waals surface area (Å²) >= 11 is 0. The van der Waals surface area contributed by atoms with Gasteiger partial charge in [0.05, 0.1) is 5.92 Å². The number of hydrogen-bond donors (Lipinski definition) is 1. The molecule has 1 aliphatic rings. The Morgan fingerprint density at radius 2 is 2.05 bits per heavy atom. The van der Waals surface area contributed by atoms with E-state index >= 15 is 0 Å². The molecule has 0 saturated heterocycles. The van der Waals surface area contributed by atoms with Crippen LogP contribution >= 0.6 is 0 Å². The van der Waals surface area contributed by atoms with Crippen molar-refractivity contribution in [3.63, 3.8) is 0 Å². The molecule has 21 heavy (non-hydrogen) atoms. The topological polar surface area (TPSA) is 59.0 Å². The fraction of sp³-hybridized carbons (Fsp3) is 0.562. The lowest BCUT2D eigenvalue weighted by Gasteiger charge is -2.26. The van der Waals surface area contributed by atoms with E-state index < -0.39 is 5.97 Å². The van der Waals surface area contributed by atoms with Gasteiger partial charge in [-0.15, -0.1) is 0 Å². The van der Waals surface area contributed by atoms with Gasteiger partial charge in [0.2, 0.25) is 6.79 Å². The lowest BCUT2D eigenvalue weighted by Crippen LogP contribution is -2.35. The third kappa shape index (κ3) is 4.11. The molecule has 0 aromatic heterocycles. The van der Waals surface area contributed by atoms with E-state index in [4.69, 9.17) is 14.6 Å². The summed E-state index contributed by atoms with van der Waals surface area (Å²) in [7, 11) is 1.98. The highest BCUT2D eigenvalue weighted by molar-refractivity contribution is 5.69. The van der Waals surface area contributed by atoms with Gasteiger partial charge in [0, 0.05) is 12.6 Å². The van der Waals surface area contributed by atoms with Crippen LogP contribution in [0.5, 0.6) is 11.5 Å². The van der Waals surface area contributed by atoms with E-state index in [1.807, 2.05) is 19.2 Å². The van der Waals surface area contributed by atoms with E-state index in [1.165, 1.54) is 5.56 Å². The van der Waals surface area contributed by atoms with Crippen LogP contribution in [0.2, 0.25) is 0 Å². The number of ether oxygens (including phenoxy) is 2. The zero-order chi connectivity index (χ0) is 15.4. The Bertz CT molecular complexity index is 503. The predicted molar refractivity (Wildman–Crippen MR) is 79.8 cm³/mol. The number of fused-ring (bicyclic) bond motifs is 1. The maximum atomic E-state index is 10.9. The van der Waals surface area contributed by atoms with Crippen molar-refractivity contribution in [2.45, 2.75) is 32.7 Å². The van der Waals surface area contributed by atoms with Gasteiger partial charge >= 0.3 is 5.97 Å². The Hall–Kier alpha value is -1.75. The fourth-order valence-electron chi connectivity index (χ4n) is 2.38. The number of carboxylic acids is 1. The van der Waals surface area contributed by atoms with Gasteiger partial charge < -0.3 is 19.5 Å². The lowest BCUT2D eigenvalue weighted by atomic mass is 10.0. The van der Waals surface area contributed by atoms with Crippen LogP contribution in [0, 0.1) is 5.92 Å². The standard InChI is InChI=1S/C16H23NO4/c1-11(16(18)19)9-17(3)12(2)4-5-13-6-7-14-15(8-13)21-10-20-14/h6-8,11-12H,4-5,9-10H2,1-3H3,(H,18,19). The van der Waals surface area contributed by atoms with Crippen LogP contribution in [0.4, 0.5) is 0 Å². The largest absolute Gasteiger partial charge is 0.481 e. The lowest BCUT2D eigenvalue weighted by molar-refractivity contribution is -0.141. The van der Waals surface area contributed by atoms with Crippen molar-refractivity contribution >= 4 is 5.97 Å². The summed E-state index contributed by atoms with van der Waals surface area (Å²) in [5.74, 6) is 0.528. The van der Waals surface area contributed by atoms with Crippen molar-refractivity contribution in [1.82, 2.24) is 4.90 Å². The first-order chi connectivity index (χ1) is 9.97. The van der Waals surface area contributed by atoms with Crippen LogP contribution in [-0.4, -0.2) is 42.4 Å². The molecule has 1 aromatic carbocycles. The van der Waals surface area contributed by atoms with E-state index in [-0.39, 0.29) is 5.92 Å². The molecule has 5 heteroatoms. The van der Waals surface area contributed by atoms with Gasteiger partial charge in [-0.1, -0.05) is 13.0 Å². The zero-order valence-electron chi connectivity index (χ0n) is 12.8. The number of rotatable bonds is 7. The SMILES string of the molecule is CC(CN(C)C(C)CCc1ccc2c(c1)OCO2)C(=O)O. The van der Waals surface area contributed by atoms with Gasteiger partial charge in [-0.2, -0.15) is 0 Å². The molecule has 2 rings (SSSR count). The normalized spacial score (nSPS) is 16.0. The molecule has 5 nitrogen and oxygen atoms in total. The maximum Gasteiger partial charge on any atom is 0.307 e. The third-order valence-corrected chi connectivity index (χ3v) is 4.02. The highest BCUT2D eigenvalue weighted by Gasteiger charge is 2.18. The number of benzene rings is 1. The summed E-state index contributed by atoms with van der Waals surface area (Å²) in [4.78, 5) is 13.0. The first-order valence-corrected chi connectivity index (χ1v) is 7.29. The van der Waals surface area contributed by atoms with Crippen molar-refractivity contribution < 1.29 is 19.4 Å². The summed E-state index contributed by atoms with van der Waals surface area (Å²) in [6.07, 6.45) is 1.91. The van der Waals surface area contributed by atoms with Crippen LogP contribution in [-0.2, 0) is 11.2 Å². The van der Waals surface area contributed by atoms with Crippen molar-refractivity contribution in [2.75, 3.05) is 20.4 Å². The quantitative estimate of drug-likeness (QED) is 0.836. The first kappa shape index (κ1) is 15.6. The molecule has 1 heterocycles. The van der Waals surface area contributed by atoms with Gasteiger partial charge in [-0.05, 0) is 44.5 Å². The predicted octanol–water partition coefficient (Wildman–Crippen LogP) is 2.39. The molecule has 0 saturated carbocycles. The summed E-state index contributed by atoms with van der Waals surface area (Å²) in [5.41, 5.74) is 1.21. The third-order valence-electron chi connectivity index (χ3n) is 4.02. The number of aryl methyl sites for hydroxylation is 1. The molecule has 116 valence electrons. The van der Waals surface area contributed by atoms with Crippen LogP contribution < -0.4 is 9.47 Å². The second kappa shape index (κ2) is 6.80. The van der Waals surface area contributed by atoms with Crippen molar-refractivity contribution in [3.05, 3.63) is 23.8 Å². The number of nitrogens with zero attached hydrogens (tertiary/aromatic N) is 1. The Kier molecular flexibility index (Phi) is 5.07. The molecule has 1 aliphatic heterocycles.